The van der Waals surface area contributed by atoms with Gasteiger partial charge in [-0.3, -0.25) is 4.79 Å². The van der Waals surface area contributed by atoms with Crippen molar-refractivity contribution in [2.45, 2.75) is 45.6 Å². The maximum atomic E-state index is 12.4. The van der Waals surface area contributed by atoms with Crippen molar-refractivity contribution in [3.63, 3.8) is 0 Å². The summed E-state index contributed by atoms with van der Waals surface area (Å²) >= 11 is 0. The van der Waals surface area contributed by atoms with Gasteiger partial charge in [0.25, 0.3) is 0 Å². The normalized spacial score (nSPS) is 19.4. The molecule has 1 heterocycles. The van der Waals surface area contributed by atoms with E-state index in [1.807, 2.05) is 13.8 Å². The maximum absolute atomic E-state index is 12.4. The summed E-state index contributed by atoms with van der Waals surface area (Å²) < 4.78 is 36.4. The summed E-state index contributed by atoms with van der Waals surface area (Å²) in [6.45, 7) is 5.16. The second kappa shape index (κ2) is 8.70. The Labute approximate surface area is 127 Å². The number of methoxy groups -OCH3 is 1. The lowest BCUT2D eigenvalue weighted by Gasteiger charge is -2.24. The summed E-state index contributed by atoms with van der Waals surface area (Å²) in [6, 6.07) is 0. The van der Waals surface area contributed by atoms with Crippen LogP contribution in [0.3, 0.4) is 0 Å². The fraction of sp³-hybridized carbons (Fsp3) is 0.929. The van der Waals surface area contributed by atoms with Gasteiger partial charge in [0, 0.05) is 19.7 Å². The van der Waals surface area contributed by atoms with Crippen molar-refractivity contribution in [1.82, 2.24) is 4.31 Å². The highest BCUT2D eigenvalue weighted by Crippen LogP contribution is 2.17. The van der Waals surface area contributed by atoms with Gasteiger partial charge in [-0.2, -0.15) is 4.31 Å². The molecular weight excluding hydrogens is 294 g/mol. The van der Waals surface area contributed by atoms with E-state index in [9.17, 15) is 13.2 Å². The maximum Gasteiger partial charge on any atom is 0.306 e. The van der Waals surface area contributed by atoms with Crippen LogP contribution < -0.4 is 0 Å². The van der Waals surface area contributed by atoms with Crippen LogP contribution in [0.5, 0.6) is 0 Å². The SMILES string of the molecule is COC(=O)CCN(CC1CCCO1)S(=O)(=O)CCC(C)C. The fourth-order valence-corrected chi connectivity index (χ4v) is 3.98. The van der Waals surface area contributed by atoms with Gasteiger partial charge in [-0.15, -0.1) is 0 Å². The van der Waals surface area contributed by atoms with Gasteiger partial charge in [-0.05, 0) is 25.2 Å². The first kappa shape index (κ1) is 18.4. The molecule has 1 fully saturated rings. The van der Waals surface area contributed by atoms with Crippen molar-refractivity contribution in [3.05, 3.63) is 0 Å². The number of sulfonamides is 1. The Morgan fingerprint density at radius 2 is 2.14 bits per heavy atom. The van der Waals surface area contributed by atoms with Crippen molar-refractivity contribution < 1.29 is 22.7 Å². The first-order chi connectivity index (χ1) is 9.85. The number of esters is 1. The standard InChI is InChI=1S/C14H27NO5S/c1-12(2)7-10-21(17,18)15(8-6-14(16)19-3)11-13-5-4-9-20-13/h12-13H,4-11H2,1-3H3. The van der Waals surface area contributed by atoms with Crippen LogP contribution in [-0.4, -0.2) is 57.4 Å². The van der Waals surface area contributed by atoms with Crippen LogP contribution in [0.1, 0.15) is 39.5 Å². The zero-order valence-corrected chi connectivity index (χ0v) is 14.0. The number of ether oxygens (including phenoxy) is 2. The highest BCUT2D eigenvalue weighted by atomic mass is 32.2. The summed E-state index contributed by atoms with van der Waals surface area (Å²) in [4.78, 5) is 11.3. The summed E-state index contributed by atoms with van der Waals surface area (Å²) in [7, 11) is -2.06. The van der Waals surface area contributed by atoms with Crippen molar-refractivity contribution in [1.29, 1.82) is 0 Å². The molecule has 0 aromatic heterocycles. The minimum atomic E-state index is -3.36. The molecule has 0 N–H and O–H groups in total. The van der Waals surface area contributed by atoms with Crippen LogP contribution in [-0.2, 0) is 24.3 Å². The van der Waals surface area contributed by atoms with E-state index >= 15 is 0 Å². The Morgan fingerprint density at radius 1 is 1.43 bits per heavy atom. The highest BCUT2D eigenvalue weighted by Gasteiger charge is 2.28. The fourth-order valence-electron chi connectivity index (χ4n) is 2.19. The Kier molecular flexibility index (Phi) is 7.62. The summed E-state index contributed by atoms with van der Waals surface area (Å²) in [6.07, 6.45) is 2.46. The number of hydrogen-bond acceptors (Lipinski definition) is 5. The lowest BCUT2D eigenvalue weighted by atomic mass is 10.2. The number of carbonyl (C=O) groups is 1. The third kappa shape index (κ3) is 6.76. The summed E-state index contributed by atoms with van der Waals surface area (Å²) in [5, 5.41) is 0. The molecule has 1 rings (SSSR count). The van der Waals surface area contributed by atoms with Crippen LogP contribution in [0, 0.1) is 5.92 Å². The molecule has 7 heteroatoms. The van der Waals surface area contributed by atoms with E-state index in [-0.39, 0.29) is 24.8 Å². The van der Waals surface area contributed by atoms with E-state index in [0.29, 0.717) is 25.5 Å². The van der Waals surface area contributed by atoms with E-state index in [4.69, 9.17) is 4.74 Å². The Hall–Kier alpha value is -0.660. The van der Waals surface area contributed by atoms with Crippen molar-refractivity contribution in [2.75, 3.05) is 32.6 Å². The van der Waals surface area contributed by atoms with Gasteiger partial charge in [0.05, 0.1) is 25.4 Å². The Bertz CT molecular complexity index is 415. The van der Waals surface area contributed by atoms with Crippen molar-refractivity contribution in [2.24, 2.45) is 5.92 Å². The number of rotatable bonds is 9. The molecule has 1 aliphatic heterocycles. The average Bonchev–Trinajstić information content (AvgIpc) is 2.93. The highest BCUT2D eigenvalue weighted by molar-refractivity contribution is 7.89. The van der Waals surface area contributed by atoms with Crippen LogP contribution >= 0.6 is 0 Å². The first-order valence-electron chi connectivity index (χ1n) is 7.51. The second-order valence-electron chi connectivity index (χ2n) is 5.82. The molecule has 0 aliphatic carbocycles. The van der Waals surface area contributed by atoms with Crippen LogP contribution in [0.15, 0.2) is 0 Å². The van der Waals surface area contributed by atoms with Crippen LogP contribution in [0.4, 0.5) is 0 Å². The molecule has 0 aromatic rings. The van der Waals surface area contributed by atoms with E-state index < -0.39 is 16.0 Å². The van der Waals surface area contributed by atoms with Crippen molar-refractivity contribution in [3.8, 4) is 0 Å². The molecule has 0 amide bonds. The quantitative estimate of drug-likeness (QED) is 0.600. The molecule has 1 saturated heterocycles. The first-order valence-corrected chi connectivity index (χ1v) is 9.12. The van der Waals surface area contributed by atoms with E-state index in [1.54, 1.807) is 0 Å². The van der Waals surface area contributed by atoms with Gasteiger partial charge in [0.1, 0.15) is 0 Å². The lowest BCUT2D eigenvalue weighted by Crippen LogP contribution is -2.40. The molecule has 21 heavy (non-hydrogen) atoms. The number of hydrogen-bond donors (Lipinski definition) is 0. The Morgan fingerprint density at radius 3 is 2.67 bits per heavy atom. The largest absolute Gasteiger partial charge is 0.469 e. The molecule has 0 radical (unpaired) electrons. The molecule has 0 spiro atoms. The van der Waals surface area contributed by atoms with Gasteiger partial charge >= 0.3 is 5.97 Å². The summed E-state index contributed by atoms with van der Waals surface area (Å²) in [5.41, 5.74) is 0. The van der Waals surface area contributed by atoms with Gasteiger partial charge < -0.3 is 9.47 Å². The number of carbonyl (C=O) groups excluding carboxylic acids is 1. The minimum Gasteiger partial charge on any atom is -0.469 e. The van der Waals surface area contributed by atoms with E-state index in [1.165, 1.54) is 11.4 Å². The van der Waals surface area contributed by atoms with Gasteiger partial charge in [-0.1, -0.05) is 13.8 Å². The van der Waals surface area contributed by atoms with Crippen LogP contribution in [0.2, 0.25) is 0 Å². The van der Waals surface area contributed by atoms with Gasteiger partial charge in [0.2, 0.25) is 10.0 Å². The minimum absolute atomic E-state index is 0.0588. The van der Waals surface area contributed by atoms with Gasteiger partial charge in [-0.25, -0.2) is 8.42 Å². The average molecular weight is 321 g/mol. The molecule has 124 valence electrons. The second-order valence-corrected chi connectivity index (χ2v) is 7.91. The zero-order valence-electron chi connectivity index (χ0n) is 13.2. The molecule has 0 saturated carbocycles. The lowest BCUT2D eigenvalue weighted by molar-refractivity contribution is -0.140. The third-order valence-electron chi connectivity index (χ3n) is 3.57. The smallest absolute Gasteiger partial charge is 0.306 e. The monoisotopic (exact) mass is 321 g/mol. The predicted molar refractivity (Wildman–Crippen MR) is 80.4 cm³/mol. The molecule has 1 atom stereocenters. The zero-order chi connectivity index (χ0) is 15.9. The molecular formula is C14H27NO5S. The van der Waals surface area contributed by atoms with E-state index in [2.05, 4.69) is 4.74 Å². The number of nitrogens with zero attached hydrogens (tertiary/aromatic N) is 1. The molecule has 6 nitrogen and oxygen atoms in total. The van der Waals surface area contributed by atoms with E-state index in [0.717, 1.165) is 12.8 Å². The molecule has 1 aliphatic rings. The molecule has 0 aromatic carbocycles. The van der Waals surface area contributed by atoms with Crippen molar-refractivity contribution >= 4 is 16.0 Å². The topological polar surface area (TPSA) is 72.9 Å². The molecule has 1 unspecified atom stereocenters. The van der Waals surface area contributed by atoms with Gasteiger partial charge in [0.15, 0.2) is 0 Å². The Balaban J connectivity index is 2.66. The third-order valence-corrected chi connectivity index (χ3v) is 5.44. The predicted octanol–water partition coefficient (Wildman–Crippen LogP) is 1.41. The van der Waals surface area contributed by atoms with Crippen LogP contribution in [0.25, 0.3) is 0 Å². The summed E-state index contributed by atoms with van der Waals surface area (Å²) in [5.74, 6) is 0.0369. The molecule has 0 bridgehead atoms.